The number of alkyl halides is 2. The second-order valence-electron chi connectivity index (χ2n) is 1.16. The van der Waals surface area contributed by atoms with E-state index in [1.165, 1.54) is 11.3 Å². The zero-order valence-corrected chi connectivity index (χ0v) is 6.50. The number of thiazole rings is 1. The van der Waals surface area contributed by atoms with Crippen molar-refractivity contribution in [2.75, 3.05) is 0 Å². The summed E-state index contributed by atoms with van der Waals surface area (Å²) in [4.78, 5) is 3.66. The van der Waals surface area contributed by atoms with Crippen molar-refractivity contribution >= 4 is 34.5 Å². The monoisotopic (exact) mass is 182 g/mol. The summed E-state index contributed by atoms with van der Waals surface area (Å²) in [6.07, 6.45) is 0. The minimum absolute atomic E-state index is 0.412. The summed E-state index contributed by atoms with van der Waals surface area (Å²) in [5.41, 5.74) is 2.58. The predicted molar refractivity (Wildman–Crippen MR) is 37.1 cm³/mol. The SMILES string of the molecule is ClC(Cl)Oc1cs[c]n1. The summed E-state index contributed by atoms with van der Waals surface area (Å²) >= 11 is 11.8. The molecule has 0 aromatic carbocycles. The Labute approximate surface area is 66.4 Å². The average Bonchev–Trinajstić information content (AvgIpc) is 2.15. The van der Waals surface area contributed by atoms with Gasteiger partial charge in [-0.1, -0.05) is 23.2 Å². The fourth-order valence-electron chi connectivity index (χ4n) is 0.320. The lowest BCUT2D eigenvalue weighted by atomic mass is 10.9. The van der Waals surface area contributed by atoms with Crippen LogP contribution in [-0.4, -0.2) is 10.0 Å². The van der Waals surface area contributed by atoms with E-state index >= 15 is 0 Å². The summed E-state index contributed by atoms with van der Waals surface area (Å²) in [5.74, 6) is 0.412. The lowest BCUT2D eigenvalue weighted by Crippen LogP contribution is -1.98. The molecular weight excluding hydrogens is 181 g/mol. The van der Waals surface area contributed by atoms with E-state index in [1.54, 1.807) is 5.38 Å². The van der Waals surface area contributed by atoms with Gasteiger partial charge in [-0.3, -0.25) is 0 Å². The van der Waals surface area contributed by atoms with Gasteiger partial charge in [-0.2, -0.15) is 4.98 Å². The number of aromatic nitrogens is 1. The van der Waals surface area contributed by atoms with Gasteiger partial charge < -0.3 is 4.74 Å². The number of nitrogens with zero attached hydrogens (tertiary/aromatic N) is 1. The fourth-order valence-corrected chi connectivity index (χ4v) is 0.907. The van der Waals surface area contributed by atoms with Gasteiger partial charge in [-0.05, 0) is 0 Å². The highest BCUT2D eigenvalue weighted by Gasteiger charge is 2.00. The highest BCUT2D eigenvalue weighted by molar-refractivity contribution is 7.07. The third-order valence-corrected chi connectivity index (χ3v) is 1.27. The van der Waals surface area contributed by atoms with E-state index in [0.717, 1.165) is 0 Å². The van der Waals surface area contributed by atoms with Crippen LogP contribution in [0.1, 0.15) is 0 Å². The second-order valence-corrected chi connectivity index (χ2v) is 2.83. The Morgan fingerprint density at radius 2 is 2.56 bits per heavy atom. The smallest absolute Gasteiger partial charge is 0.249 e. The number of ether oxygens (including phenoxy) is 1. The van der Waals surface area contributed by atoms with Crippen molar-refractivity contribution in [3.05, 3.63) is 10.9 Å². The molecule has 0 aliphatic heterocycles. The third-order valence-electron chi connectivity index (χ3n) is 0.578. The molecule has 0 bridgehead atoms. The Hall–Kier alpha value is 0.01000. The van der Waals surface area contributed by atoms with Crippen LogP contribution in [0.25, 0.3) is 0 Å². The van der Waals surface area contributed by atoms with Gasteiger partial charge in [0.1, 0.15) is 0 Å². The number of hydrogen-bond acceptors (Lipinski definition) is 3. The van der Waals surface area contributed by atoms with E-state index in [4.69, 9.17) is 27.9 Å². The zero-order valence-electron chi connectivity index (χ0n) is 4.17. The topological polar surface area (TPSA) is 22.1 Å². The van der Waals surface area contributed by atoms with Gasteiger partial charge in [-0.15, -0.1) is 11.3 Å². The van der Waals surface area contributed by atoms with Crippen LogP contribution >= 0.6 is 34.5 Å². The van der Waals surface area contributed by atoms with Crippen LogP contribution in [0.2, 0.25) is 0 Å². The van der Waals surface area contributed by atoms with Crippen LogP contribution in [0.15, 0.2) is 5.38 Å². The summed E-state index contributed by atoms with van der Waals surface area (Å²) < 4.78 is 4.75. The van der Waals surface area contributed by atoms with Gasteiger partial charge in [0.2, 0.25) is 10.9 Å². The van der Waals surface area contributed by atoms with E-state index in [1.807, 2.05) is 0 Å². The van der Waals surface area contributed by atoms with Gasteiger partial charge >= 0.3 is 0 Å². The van der Waals surface area contributed by atoms with Crippen LogP contribution in [0.3, 0.4) is 0 Å². The molecule has 1 heterocycles. The molecule has 0 atom stereocenters. The zero-order chi connectivity index (χ0) is 6.69. The van der Waals surface area contributed by atoms with Crippen molar-refractivity contribution in [3.8, 4) is 5.88 Å². The first-order valence-electron chi connectivity index (χ1n) is 2.05. The van der Waals surface area contributed by atoms with Crippen molar-refractivity contribution in [2.45, 2.75) is 5.02 Å². The lowest BCUT2D eigenvalue weighted by Gasteiger charge is -1.98. The largest absolute Gasteiger partial charge is 0.443 e. The Kier molecular flexibility index (Phi) is 2.57. The summed E-state index contributed by atoms with van der Waals surface area (Å²) in [6, 6.07) is 0. The molecular formula is C4H2Cl2NOS. The van der Waals surface area contributed by atoms with E-state index < -0.39 is 5.02 Å². The molecule has 5 heteroatoms. The number of rotatable bonds is 2. The maximum atomic E-state index is 5.26. The standard InChI is InChI=1S/C4H2Cl2NOS/c5-4(6)8-3-1-9-2-7-3/h1,4H. The van der Waals surface area contributed by atoms with Gasteiger partial charge in [-0.25, -0.2) is 0 Å². The second kappa shape index (κ2) is 3.25. The molecule has 1 radical (unpaired) electrons. The Morgan fingerprint density at radius 3 is 3.00 bits per heavy atom. The summed E-state index contributed by atoms with van der Waals surface area (Å²) in [7, 11) is 0. The van der Waals surface area contributed by atoms with E-state index in [2.05, 4.69) is 10.5 Å². The fraction of sp³-hybridized carbons (Fsp3) is 0.250. The molecule has 9 heavy (non-hydrogen) atoms. The molecule has 0 aliphatic rings. The van der Waals surface area contributed by atoms with Crippen molar-refractivity contribution in [1.29, 1.82) is 0 Å². The van der Waals surface area contributed by atoms with E-state index in [-0.39, 0.29) is 0 Å². The molecule has 49 valence electrons. The lowest BCUT2D eigenvalue weighted by molar-refractivity contribution is 0.342. The van der Waals surface area contributed by atoms with Crippen molar-refractivity contribution < 1.29 is 4.74 Å². The van der Waals surface area contributed by atoms with Crippen LogP contribution in [0, 0.1) is 5.51 Å². The Morgan fingerprint density at radius 1 is 1.78 bits per heavy atom. The van der Waals surface area contributed by atoms with Gasteiger partial charge in [0, 0.05) is 0 Å². The molecule has 0 saturated heterocycles. The quantitative estimate of drug-likeness (QED) is 0.654. The van der Waals surface area contributed by atoms with Crippen LogP contribution < -0.4 is 4.74 Å². The van der Waals surface area contributed by atoms with Crippen molar-refractivity contribution in [1.82, 2.24) is 4.98 Å². The highest BCUT2D eigenvalue weighted by Crippen LogP contribution is 2.14. The first-order chi connectivity index (χ1) is 4.29. The minimum Gasteiger partial charge on any atom is -0.443 e. The maximum Gasteiger partial charge on any atom is 0.249 e. The Balaban J connectivity index is 2.48. The van der Waals surface area contributed by atoms with Crippen LogP contribution in [0.5, 0.6) is 5.88 Å². The summed E-state index contributed by atoms with van der Waals surface area (Å²) in [6.45, 7) is 0. The molecule has 0 saturated carbocycles. The molecule has 1 aromatic rings. The normalized spacial score (nSPS) is 10.1. The maximum absolute atomic E-state index is 5.26. The first kappa shape index (κ1) is 7.12. The Bertz CT molecular complexity index is 165. The van der Waals surface area contributed by atoms with Crippen molar-refractivity contribution in [3.63, 3.8) is 0 Å². The van der Waals surface area contributed by atoms with Crippen LogP contribution in [-0.2, 0) is 0 Å². The van der Waals surface area contributed by atoms with Crippen molar-refractivity contribution in [2.24, 2.45) is 0 Å². The molecule has 0 fully saturated rings. The molecule has 0 aliphatic carbocycles. The molecule has 0 N–H and O–H groups in total. The molecule has 2 nitrogen and oxygen atoms in total. The number of halogens is 2. The van der Waals surface area contributed by atoms with Crippen LogP contribution in [0.4, 0.5) is 0 Å². The highest BCUT2D eigenvalue weighted by atomic mass is 35.5. The van der Waals surface area contributed by atoms with Gasteiger partial charge in [0.15, 0.2) is 5.51 Å². The number of hydrogen-bond donors (Lipinski definition) is 0. The molecule has 0 unspecified atom stereocenters. The predicted octanol–water partition coefficient (Wildman–Crippen LogP) is 2.08. The first-order valence-corrected chi connectivity index (χ1v) is 3.80. The molecule has 1 aromatic heterocycles. The van der Waals surface area contributed by atoms with E-state index in [9.17, 15) is 0 Å². The van der Waals surface area contributed by atoms with Gasteiger partial charge in [0.05, 0.1) is 5.38 Å². The molecule has 0 amide bonds. The minimum atomic E-state index is -0.847. The molecule has 1 rings (SSSR count). The molecule has 0 spiro atoms. The average molecular weight is 183 g/mol. The van der Waals surface area contributed by atoms with E-state index in [0.29, 0.717) is 5.88 Å². The third kappa shape index (κ3) is 2.39. The summed E-state index contributed by atoms with van der Waals surface area (Å²) in [5, 5.41) is 0.818. The van der Waals surface area contributed by atoms with Gasteiger partial charge in [0.25, 0.3) is 0 Å².